The lowest BCUT2D eigenvalue weighted by atomic mass is 9.33. The zero-order valence-corrected chi connectivity index (χ0v) is 29.3. The molecule has 1 aromatic heterocycles. The maximum absolute atomic E-state index is 6.30. The van der Waals surface area contributed by atoms with Crippen molar-refractivity contribution in [1.29, 1.82) is 0 Å². The van der Waals surface area contributed by atoms with E-state index in [1.807, 2.05) is 6.07 Å². The average molecular weight is 687 g/mol. The van der Waals surface area contributed by atoms with Gasteiger partial charge in [0, 0.05) is 55.7 Å². The van der Waals surface area contributed by atoms with Crippen LogP contribution in [0, 0.1) is 0 Å². The lowest BCUT2D eigenvalue weighted by molar-refractivity contribution is 0.669. The minimum absolute atomic E-state index is 0.0171. The summed E-state index contributed by atoms with van der Waals surface area (Å²) in [5.74, 6) is 0. The van der Waals surface area contributed by atoms with Crippen LogP contribution in [0.5, 0.6) is 0 Å². The van der Waals surface area contributed by atoms with Crippen molar-refractivity contribution in [2.75, 3.05) is 9.80 Å². The first-order valence-corrected chi connectivity index (χ1v) is 18.6. The highest BCUT2D eigenvalue weighted by Gasteiger charge is 2.44. The van der Waals surface area contributed by atoms with Gasteiger partial charge in [0.2, 0.25) is 0 Å². The van der Waals surface area contributed by atoms with Gasteiger partial charge in [0.05, 0.1) is 0 Å². The van der Waals surface area contributed by atoms with Crippen molar-refractivity contribution in [1.82, 2.24) is 0 Å². The summed E-state index contributed by atoms with van der Waals surface area (Å²) in [5.41, 5.74) is 15.2. The first kappa shape index (κ1) is 29.5. The average Bonchev–Trinajstić information content (AvgIpc) is 3.62. The molecule has 0 unspecified atom stereocenters. The van der Waals surface area contributed by atoms with E-state index >= 15 is 0 Å². The molecule has 0 spiro atoms. The van der Waals surface area contributed by atoms with Crippen molar-refractivity contribution in [3.8, 4) is 11.1 Å². The molecular weight excluding hydrogens is 655 g/mol. The van der Waals surface area contributed by atoms with E-state index in [9.17, 15) is 0 Å². The Morgan fingerprint density at radius 1 is 0.370 bits per heavy atom. The molecule has 4 heteroatoms. The van der Waals surface area contributed by atoms with Crippen LogP contribution >= 0.6 is 0 Å². The molecule has 0 radical (unpaired) electrons. The number of hydrogen-bond donors (Lipinski definition) is 0. The van der Waals surface area contributed by atoms with Crippen LogP contribution in [-0.2, 0) is 0 Å². The number of hydrogen-bond acceptors (Lipinski definition) is 3. The Hall–Kier alpha value is -7.04. The number of fused-ring (bicyclic) bond motifs is 11. The van der Waals surface area contributed by atoms with E-state index in [2.05, 4.69) is 192 Å². The Morgan fingerprint density at radius 2 is 0.870 bits per heavy atom. The highest BCUT2D eigenvalue weighted by Crippen LogP contribution is 2.49. The summed E-state index contributed by atoms with van der Waals surface area (Å²) < 4.78 is 6.30. The van der Waals surface area contributed by atoms with Gasteiger partial charge in [-0.3, -0.25) is 0 Å². The molecule has 0 saturated heterocycles. The molecule has 9 aromatic carbocycles. The Bertz CT molecular complexity index is 2980. The lowest BCUT2D eigenvalue weighted by Gasteiger charge is -2.45. The third-order valence-electron chi connectivity index (χ3n) is 11.6. The molecule has 0 N–H and O–H groups in total. The quantitative estimate of drug-likeness (QED) is 0.173. The largest absolute Gasteiger partial charge is 0.456 e. The van der Waals surface area contributed by atoms with Crippen molar-refractivity contribution in [2.45, 2.75) is 0 Å². The summed E-state index contributed by atoms with van der Waals surface area (Å²) in [4.78, 5) is 5.05. The molecule has 0 amide bonds. The molecule has 0 fully saturated rings. The number of benzene rings is 9. The van der Waals surface area contributed by atoms with E-state index in [4.69, 9.17) is 4.42 Å². The first-order valence-electron chi connectivity index (χ1n) is 18.6. The lowest BCUT2D eigenvalue weighted by Crippen LogP contribution is -2.61. The maximum atomic E-state index is 6.30. The molecular formula is C50H31BN2O. The Morgan fingerprint density at radius 3 is 1.46 bits per heavy atom. The summed E-state index contributed by atoms with van der Waals surface area (Å²) in [6, 6.07) is 68.7. The third-order valence-corrected chi connectivity index (χ3v) is 11.6. The highest BCUT2D eigenvalue weighted by molar-refractivity contribution is 7.00. The monoisotopic (exact) mass is 686 g/mol. The van der Waals surface area contributed by atoms with Crippen LogP contribution < -0.4 is 26.2 Å². The van der Waals surface area contributed by atoms with Crippen LogP contribution in [0.4, 0.5) is 34.1 Å². The van der Waals surface area contributed by atoms with Gasteiger partial charge in [-0.15, -0.1) is 0 Å². The van der Waals surface area contributed by atoms with Crippen LogP contribution in [0.3, 0.4) is 0 Å². The standard InChI is InChI=1S/C50H31BN2O/c1-3-15-36(16-4-1)52-44-30-35(34-25-28-47-41(29-34)40-21-11-12-22-46(40)54-47)31-45-48(44)51(42-26-23-32-13-7-9-19-38(32)49(42)52)43-27-24-33-14-8-10-20-39(33)50(43)53(45)37-17-5-2-6-18-37/h1-31H. The fourth-order valence-electron chi connectivity index (χ4n) is 9.28. The molecule has 10 aromatic rings. The van der Waals surface area contributed by atoms with Crippen molar-refractivity contribution in [3.63, 3.8) is 0 Å². The number of rotatable bonds is 3. The molecule has 0 aliphatic carbocycles. The van der Waals surface area contributed by atoms with Gasteiger partial charge in [0.25, 0.3) is 6.71 Å². The predicted molar refractivity (Wildman–Crippen MR) is 228 cm³/mol. The van der Waals surface area contributed by atoms with Gasteiger partial charge >= 0.3 is 0 Å². The van der Waals surface area contributed by atoms with Crippen molar-refractivity contribution < 1.29 is 4.42 Å². The number of para-hydroxylation sites is 3. The molecule has 2 aliphatic rings. The summed E-state index contributed by atoms with van der Waals surface area (Å²) >= 11 is 0. The van der Waals surface area contributed by atoms with E-state index < -0.39 is 0 Å². The minimum Gasteiger partial charge on any atom is -0.456 e. The Kier molecular flexibility index (Phi) is 6.14. The molecule has 12 rings (SSSR count). The van der Waals surface area contributed by atoms with Crippen LogP contribution in [-0.4, -0.2) is 6.71 Å². The van der Waals surface area contributed by atoms with E-state index in [-0.39, 0.29) is 6.71 Å². The first-order chi connectivity index (χ1) is 26.8. The fourth-order valence-corrected chi connectivity index (χ4v) is 9.28. The topological polar surface area (TPSA) is 19.6 Å². The molecule has 0 atom stereocenters. The predicted octanol–water partition coefficient (Wildman–Crippen LogP) is 11.6. The zero-order valence-electron chi connectivity index (χ0n) is 29.3. The minimum atomic E-state index is 0.0171. The van der Waals surface area contributed by atoms with Crippen LogP contribution in [0.2, 0.25) is 0 Å². The van der Waals surface area contributed by atoms with E-state index in [0.717, 1.165) is 44.4 Å². The third kappa shape index (κ3) is 4.14. The van der Waals surface area contributed by atoms with Crippen molar-refractivity contribution >= 4 is 101 Å². The highest BCUT2D eigenvalue weighted by atomic mass is 16.3. The number of anilines is 6. The van der Waals surface area contributed by atoms with Gasteiger partial charge in [-0.2, -0.15) is 0 Å². The second-order valence-electron chi connectivity index (χ2n) is 14.5. The van der Waals surface area contributed by atoms with E-state index in [0.29, 0.717) is 0 Å². The van der Waals surface area contributed by atoms with Crippen LogP contribution in [0.15, 0.2) is 192 Å². The van der Waals surface area contributed by atoms with Gasteiger partial charge in [-0.1, -0.05) is 133 Å². The fraction of sp³-hybridized carbons (Fsp3) is 0. The van der Waals surface area contributed by atoms with Gasteiger partial charge < -0.3 is 14.2 Å². The SMILES string of the molecule is c1ccc(N2c3cc(-c4ccc5oc6ccccc6c5c4)cc4c3B(c3ccc5ccccc5c32)c2ccc3ccccc3c2N4c2ccccc2)cc1. The Labute approximate surface area is 313 Å². The summed E-state index contributed by atoms with van der Waals surface area (Å²) in [6.45, 7) is 0.0171. The normalized spacial score (nSPS) is 13.1. The summed E-state index contributed by atoms with van der Waals surface area (Å²) in [7, 11) is 0. The van der Waals surface area contributed by atoms with Gasteiger partial charge in [0.1, 0.15) is 11.2 Å². The Balaban J connectivity index is 1.25. The van der Waals surface area contributed by atoms with E-state index in [1.165, 1.54) is 60.7 Å². The van der Waals surface area contributed by atoms with Crippen molar-refractivity contribution in [2.24, 2.45) is 0 Å². The molecule has 54 heavy (non-hydrogen) atoms. The van der Waals surface area contributed by atoms with Gasteiger partial charge in [-0.25, -0.2) is 0 Å². The molecule has 250 valence electrons. The van der Waals surface area contributed by atoms with Crippen LogP contribution in [0.1, 0.15) is 0 Å². The smallest absolute Gasteiger partial charge is 0.252 e. The molecule has 3 heterocycles. The summed E-state index contributed by atoms with van der Waals surface area (Å²) in [6.07, 6.45) is 0. The second-order valence-corrected chi connectivity index (χ2v) is 14.5. The number of nitrogens with zero attached hydrogens (tertiary/aromatic N) is 2. The molecule has 2 aliphatic heterocycles. The molecule has 0 bridgehead atoms. The van der Waals surface area contributed by atoms with Crippen LogP contribution in [0.25, 0.3) is 54.6 Å². The zero-order chi connectivity index (χ0) is 35.3. The van der Waals surface area contributed by atoms with Gasteiger partial charge in [0.15, 0.2) is 0 Å². The summed E-state index contributed by atoms with van der Waals surface area (Å²) in [5, 5.41) is 7.21. The molecule has 0 saturated carbocycles. The van der Waals surface area contributed by atoms with Crippen molar-refractivity contribution in [3.05, 3.63) is 188 Å². The molecule has 3 nitrogen and oxygen atoms in total. The number of furan rings is 1. The van der Waals surface area contributed by atoms with Gasteiger partial charge in [-0.05, 0) is 92.9 Å². The second kappa shape index (κ2) is 11.2. The maximum Gasteiger partial charge on any atom is 0.252 e. The van der Waals surface area contributed by atoms with E-state index in [1.54, 1.807) is 0 Å².